The first-order chi connectivity index (χ1) is 29.1. The minimum Gasteiger partial charge on any atom is -0.353 e. The van der Waals surface area contributed by atoms with Crippen molar-refractivity contribution in [3.8, 4) is 0 Å². The summed E-state index contributed by atoms with van der Waals surface area (Å²) in [5.41, 5.74) is 0. The van der Waals surface area contributed by atoms with Gasteiger partial charge in [0, 0.05) is 26.4 Å². The molecule has 0 rings (SSSR count). The second-order valence-corrected chi connectivity index (χ2v) is 16.7. The molecule has 0 N–H and O–H groups in total. The quantitative estimate of drug-likeness (QED) is 0.0343. The fourth-order valence-corrected chi connectivity index (χ4v) is 6.71. The highest BCUT2D eigenvalue weighted by Crippen LogP contribution is 2.17. The molecule has 0 heterocycles. The van der Waals surface area contributed by atoms with E-state index in [9.17, 15) is 0 Å². The van der Waals surface area contributed by atoms with E-state index in [0.29, 0.717) is 13.2 Å². The minimum absolute atomic E-state index is 0.0145. The van der Waals surface area contributed by atoms with Crippen molar-refractivity contribution in [1.29, 1.82) is 0 Å². The largest absolute Gasteiger partial charge is 0.353 e. The molecule has 0 fully saturated rings. The van der Waals surface area contributed by atoms with Gasteiger partial charge < -0.3 is 33.2 Å². The molecule has 0 amide bonds. The van der Waals surface area contributed by atoms with Gasteiger partial charge in [0.05, 0.1) is 13.2 Å². The molecule has 0 aromatic heterocycles. The van der Waals surface area contributed by atoms with E-state index in [1.165, 1.54) is 141 Å². The lowest BCUT2D eigenvalue weighted by Crippen LogP contribution is -2.25. The molecule has 0 saturated heterocycles. The third-order valence-electron chi connectivity index (χ3n) is 10.7. The Morgan fingerprint density at radius 2 is 0.576 bits per heavy atom. The van der Waals surface area contributed by atoms with Crippen LogP contribution >= 0.6 is 0 Å². The molecular formula is C52H102O7. The van der Waals surface area contributed by atoms with Crippen LogP contribution in [0.1, 0.15) is 247 Å². The standard InChI is InChI=1S/C52H102O7/c1-7-13-37-47-57-51(41-35-31-27-23-19-21-25-29-33-39-49(53-43-15-9-3)54-44-16-10-4)59-52(58-48-38-14-8-2)42-36-32-28-24-20-22-26-30-34-40-50(55-45-17-11-5)56-46-18-12-6/h35-36,41-42,49-52H,7-34,37-40,43-48H2,1-6H3. The van der Waals surface area contributed by atoms with Crippen LogP contribution in [-0.4, -0.2) is 64.8 Å². The lowest BCUT2D eigenvalue weighted by molar-refractivity contribution is -0.208. The van der Waals surface area contributed by atoms with E-state index in [4.69, 9.17) is 33.2 Å². The second kappa shape index (κ2) is 49.9. The average Bonchev–Trinajstić information content (AvgIpc) is 3.24. The SMILES string of the molecule is CCCCCOC(C=CCCCCCCCCCC(OCCCC)OCCCC)OC(C=CCCCCCCCCCC(OCCCC)OCCCC)OCCCCC. The number of unbranched alkanes of at least 4 members (excludes halogenated alkanes) is 22. The molecule has 352 valence electrons. The smallest absolute Gasteiger partial charge is 0.180 e. The lowest BCUT2D eigenvalue weighted by Gasteiger charge is -2.21. The normalized spacial score (nSPS) is 13.3. The zero-order valence-electron chi connectivity index (χ0n) is 40.3. The van der Waals surface area contributed by atoms with E-state index < -0.39 is 0 Å². The summed E-state index contributed by atoms with van der Waals surface area (Å²) in [6.07, 6.45) is 45.8. The van der Waals surface area contributed by atoms with Gasteiger partial charge >= 0.3 is 0 Å². The van der Waals surface area contributed by atoms with E-state index in [-0.39, 0.29) is 25.2 Å². The molecule has 2 unspecified atom stereocenters. The monoisotopic (exact) mass is 839 g/mol. The van der Waals surface area contributed by atoms with Gasteiger partial charge in [0.2, 0.25) is 0 Å². The van der Waals surface area contributed by atoms with Crippen LogP contribution in [0.3, 0.4) is 0 Å². The van der Waals surface area contributed by atoms with Crippen molar-refractivity contribution in [2.45, 2.75) is 272 Å². The van der Waals surface area contributed by atoms with E-state index in [1.807, 2.05) is 0 Å². The predicted molar refractivity (Wildman–Crippen MR) is 252 cm³/mol. The van der Waals surface area contributed by atoms with E-state index in [2.05, 4.69) is 65.8 Å². The van der Waals surface area contributed by atoms with E-state index in [1.54, 1.807) is 0 Å². The van der Waals surface area contributed by atoms with Gasteiger partial charge in [-0.2, -0.15) is 0 Å². The summed E-state index contributed by atoms with van der Waals surface area (Å²) >= 11 is 0. The molecule has 0 aromatic carbocycles. The molecule has 0 aliphatic carbocycles. The molecule has 0 aromatic rings. The van der Waals surface area contributed by atoms with Crippen LogP contribution in [0, 0.1) is 0 Å². The summed E-state index contributed by atoms with van der Waals surface area (Å²) in [4.78, 5) is 0. The average molecular weight is 839 g/mol. The Bertz CT molecular complexity index is 750. The van der Waals surface area contributed by atoms with Gasteiger partial charge in [-0.15, -0.1) is 0 Å². The molecular weight excluding hydrogens is 737 g/mol. The van der Waals surface area contributed by atoms with Crippen LogP contribution in [0.5, 0.6) is 0 Å². The highest BCUT2D eigenvalue weighted by molar-refractivity contribution is 4.90. The molecule has 0 aliphatic rings. The van der Waals surface area contributed by atoms with E-state index >= 15 is 0 Å². The molecule has 2 atom stereocenters. The van der Waals surface area contributed by atoms with Gasteiger partial charge in [-0.3, -0.25) is 0 Å². The Hall–Kier alpha value is -0.800. The predicted octanol–water partition coefficient (Wildman–Crippen LogP) is 16.1. The van der Waals surface area contributed by atoms with Crippen LogP contribution in [0.4, 0.5) is 0 Å². The molecule has 59 heavy (non-hydrogen) atoms. The summed E-state index contributed by atoms with van der Waals surface area (Å²) in [5.74, 6) is 0. The first-order valence-electron chi connectivity index (χ1n) is 25.8. The fourth-order valence-electron chi connectivity index (χ4n) is 6.71. The van der Waals surface area contributed by atoms with Crippen LogP contribution in [0.2, 0.25) is 0 Å². The number of ether oxygens (including phenoxy) is 7. The summed E-state index contributed by atoms with van der Waals surface area (Å²) in [7, 11) is 0. The van der Waals surface area contributed by atoms with Gasteiger partial charge in [-0.1, -0.05) is 169 Å². The minimum atomic E-state index is -0.380. The summed E-state index contributed by atoms with van der Waals surface area (Å²) in [5, 5.41) is 0. The Kier molecular flexibility index (Phi) is 49.2. The Morgan fingerprint density at radius 1 is 0.288 bits per heavy atom. The number of hydrogen-bond acceptors (Lipinski definition) is 7. The molecule has 0 spiro atoms. The second-order valence-electron chi connectivity index (χ2n) is 16.7. The highest BCUT2D eigenvalue weighted by atomic mass is 16.8. The Balaban J connectivity index is 4.60. The van der Waals surface area contributed by atoms with Crippen LogP contribution in [0.15, 0.2) is 24.3 Å². The highest BCUT2D eigenvalue weighted by Gasteiger charge is 2.14. The zero-order chi connectivity index (χ0) is 43.0. The van der Waals surface area contributed by atoms with Crippen LogP contribution < -0.4 is 0 Å². The molecule has 7 nitrogen and oxygen atoms in total. The molecule has 0 aliphatic heterocycles. The van der Waals surface area contributed by atoms with Crippen LogP contribution in [0.25, 0.3) is 0 Å². The van der Waals surface area contributed by atoms with E-state index in [0.717, 1.165) is 90.6 Å². The van der Waals surface area contributed by atoms with Gasteiger partial charge in [0.25, 0.3) is 0 Å². The van der Waals surface area contributed by atoms with Gasteiger partial charge in [-0.25, -0.2) is 0 Å². The Labute approximate surface area is 368 Å². The first-order valence-corrected chi connectivity index (χ1v) is 25.8. The summed E-state index contributed by atoms with van der Waals surface area (Å²) in [6.45, 7) is 18.0. The first kappa shape index (κ1) is 58.2. The fraction of sp³-hybridized carbons (Fsp3) is 0.923. The zero-order valence-corrected chi connectivity index (χ0v) is 40.3. The van der Waals surface area contributed by atoms with Crippen molar-refractivity contribution in [1.82, 2.24) is 0 Å². The summed E-state index contributed by atoms with van der Waals surface area (Å²) in [6, 6.07) is 0. The van der Waals surface area contributed by atoms with Crippen molar-refractivity contribution in [3.05, 3.63) is 24.3 Å². The maximum absolute atomic E-state index is 6.47. The van der Waals surface area contributed by atoms with Crippen molar-refractivity contribution >= 4 is 0 Å². The van der Waals surface area contributed by atoms with Crippen molar-refractivity contribution < 1.29 is 33.2 Å². The van der Waals surface area contributed by atoms with Crippen molar-refractivity contribution in [3.63, 3.8) is 0 Å². The third-order valence-corrected chi connectivity index (χ3v) is 10.7. The topological polar surface area (TPSA) is 64.6 Å². The summed E-state index contributed by atoms with van der Waals surface area (Å²) < 4.78 is 43.0. The lowest BCUT2D eigenvalue weighted by atomic mass is 10.1. The number of hydrogen-bond donors (Lipinski definition) is 0. The third kappa shape index (κ3) is 43.6. The van der Waals surface area contributed by atoms with Crippen LogP contribution in [-0.2, 0) is 33.2 Å². The number of rotatable bonds is 50. The van der Waals surface area contributed by atoms with Gasteiger partial charge in [0.1, 0.15) is 0 Å². The van der Waals surface area contributed by atoms with Crippen molar-refractivity contribution in [2.24, 2.45) is 0 Å². The van der Waals surface area contributed by atoms with Crippen molar-refractivity contribution in [2.75, 3.05) is 39.6 Å². The maximum atomic E-state index is 6.47. The molecule has 0 bridgehead atoms. The molecule has 0 saturated carbocycles. The Morgan fingerprint density at radius 3 is 0.898 bits per heavy atom. The maximum Gasteiger partial charge on any atom is 0.180 e. The van der Waals surface area contributed by atoms with Gasteiger partial charge in [-0.05, 0) is 102 Å². The molecule has 7 heteroatoms. The van der Waals surface area contributed by atoms with Gasteiger partial charge in [0.15, 0.2) is 25.2 Å². The number of allylic oxidation sites excluding steroid dienone is 2. The molecule has 0 radical (unpaired) electrons.